The Morgan fingerprint density at radius 3 is 3.08 bits per heavy atom. The van der Waals surface area contributed by atoms with Gasteiger partial charge in [-0.1, -0.05) is 6.07 Å². The summed E-state index contributed by atoms with van der Waals surface area (Å²) in [4.78, 5) is 4.49. The lowest BCUT2D eigenvalue weighted by atomic mass is 10.1. The fraction of sp³-hybridized carbons (Fsp3) is 0.300. The first kappa shape index (κ1) is 7.35. The summed E-state index contributed by atoms with van der Waals surface area (Å²) in [6.07, 6.45) is 3.97. The Morgan fingerprint density at radius 2 is 2.25 bits per heavy atom. The largest absolute Gasteiger partial charge is 0.387 e. The highest BCUT2D eigenvalue weighted by atomic mass is 14.9. The van der Waals surface area contributed by atoms with Gasteiger partial charge in [0.2, 0.25) is 0 Å². The van der Waals surface area contributed by atoms with Gasteiger partial charge in [-0.3, -0.25) is 4.98 Å². The fourth-order valence-corrected chi connectivity index (χ4v) is 1.37. The number of aryl methyl sites for hydroxylation is 2. The maximum atomic E-state index is 4.49. The van der Waals surface area contributed by atoms with E-state index < -0.39 is 0 Å². The van der Waals surface area contributed by atoms with Crippen LogP contribution in [0.5, 0.6) is 0 Å². The van der Waals surface area contributed by atoms with Gasteiger partial charge in [-0.25, -0.2) is 0 Å². The van der Waals surface area contributed by atoms with Crippen LogP contribution in [0.4, 0.5) is 0 Å². The molecule has 0 spiro atoms. The molecule has 2 nitrogen and oxygen atoms in total. The summed E-state index contributed by atoms with van der Waals surface area (Å²) in [5.41, 5.74) is 4.80. The molecule has 1 aromatic rings. The third-order valence-electron chi connectivity index (χ3n) is 2.23. The lowest BCUT2D eigenvalue weighted by molar-refractivity contribution is 0.842. The van der Waals surface area contributed by atoms with Crippen molar-refractivity contribution in [1.82, 2.24) is 10.3 Å². The molecule has 0 saturated heterocycles. The molecule has 0 saturated carbocycles. The molecule has 62 valence electrons. The summed E-state index contributed by atoms with van der Waals surface area (Å²) in [6.45, 7) is 5.05. The van der Waals surface area contributed by atoms with Crippen molar-refractivity contribution in [3.63, 3.8) is 0 Å². The third-order valence-corrected chi connectivity index (χ3v) is 2.23. The Morgan fingerprint density at radius 1 is 1.42 bits per heavy atom. The van der Waals surface area contributed by atoms with Crippen LogP contribution in [-0.4, -0.2) is 4.98 Å². The molecule has 1 aliphatic rings. The van der Waals surface area contributed by atoms with Crippen molar-refractivity contribution in [1.29, 1.82) is 0 Å². The highest BCUT2D eigenvalue weighted by molar-refractivity contribution is 5.52. The van der Waals surface area contributed by atoms with Crippen LogP contribution in [0, 0.1) is 13.8 Å². The highest BCUT2D eigenvalue weighted by Gasteiger charge is 2.06. The first-order valence-corrected chi connectivity index (χ1v) is 4.14. The zero-order chi connectivity index (χ0) is 8.55. The quantitative estimate of drug-likeness (QED) is 0.625. The molecule has 0 radical (unpaired) electrons. The third kappa shape index (κ3) is 1.09. The maximum absolute atomic E-state index is 4.49. The van der Waals surface area contributed by atoms with Crippen molar-refractivity contribution >= 4 is 6.08 Å². The first-order chi connectivity index (χ1) is 5.77. The lowest BCUT2D eigenvalue weighted by Gasteiger charge is -2.12. The van der Waals surface area contributed by atoms with Crippen molar-refractivity contribution in [3.8, 4) is 0 Å². The monoisotopic (exact) mass is 160 g/mol. The van der Waals surface area contributed by atoms with Gasteiger partial charge in [0.05, 0.1) is 5.69 Å². The van der Waals surface area contributed by atoms with E-state index in [4.69, 9.17) is 0 Å². The number of hydrogen-bond acceptors (Lipinski definition) is 2. The van der Waals surface area contributed by atoms with Gasteiger partial charge in [0.25, 0.3) is 0 Å². The van der Waals surface area contributed by atoms with E-state index in [1.807, 2.05) is 19.2 Å². The smallest absolute Gasteiger partial charge is 0.0697 e. The molecule has 0 aromatic carbocycles. The number of nitrogens with zero attached hydrogens (tertiary/aromatic N) is 1. The van der Waals surface area contributed by atoms with Crippen molar-refractivity contribution in [2.24, 2.45) is 0 Å². The molecule has 1 aromatic heterocycles. The number of rotatable bonds is 0. The Balaban J connectivity index is 2.58. The zero-order valence-electron chi connectivity index (χ0n) is 7.39. The minimum atomic E-state index is 0.903. The van der Waals surface area contributed by atoms with Crippen LogP contribution in [-0.2, 0) is 6.54 Å². The molecule has 12 heavy (non-hydrogen) atoms. The van der Waals surface area contributed by atoms with Gasteiger partial charge < -0.3 is 5.32 Å². The molecular formula is C10H12N2. The first-order valence-electron chi connectivity index (χ1n) is 4.14. The van der Waals surface area contributed by atoms with Crippen LogP contribution in [0.15, 0.2) is 12.3 Å². The van der Waals surface area contributed by atoms with E-state index in [9.17, 15) is 0 Å². The number of pyridine rings is 1. The molecular weight excluding hydrogens is 148 g/mol. The van der Waals surface area contributed by atoms with Crippen LogP contribution >= 0.6 is 0 Å². The second kappa shape index (κ2) is 2.63. The summed E-state index contributed by atoms with van der Waals surface area (Å²) >= 11 is 0. The second-order valence-electron chi connectivity index (χ2n) is 3.15. The minimum absolute atomic E-state index is 0.903. The van der Waals surface area contributed by atoms with Gasteiger partial charge in [0.1, 0.15) is 0 Å². The Bertz CT molecular complexity index is 340. The van der Waals surface area contributed by atoms with E-state index >= 15 is 0 Å². The summed E-state index contributed by atoms with van der Waals surface area (Å²) in [7, 11) is 0. The van der Waals surface area contributed by atoms with E-state index in [1.165, 1.54) is 11.1 Å². The average Bonchev–Trinajstić information content (AvgIpc) is 2.07. The molecule has 1 N–H and O–H groups in total. The Kier molecular flexibility index (Phi) is 1.61. The molecule has 0 amide bonds. The van der Waals surface area contributed by atoms with Crippen LogP contribution in [0.25, 0.3) is 6.08 Å². The SMILES string of the molecule is Cc1cc2c(nc1C)C=CNC2. The molecule has 0 atom stereocenters. The van der Waals surface area contributed by atoms with Crippen LogP contribution in [0.1, 0.15) is 22.5 Å². The van der Waals surface area contributed by atoms with E-state index in [0.717, 1.165) is 17.9 Å². The van der Waals surface area contributed by atoms with Crippen molar-refractivity contribution in [3.05, 3.63) is 34.8 Å². The molecule has 2 heterocycles. The number of aromatic nitrogens is 1. The minimum Gasteiger partial charge on any atom is -0.387 e. The topological polar surface area (TPSA) is 24.9 Å². The summed E-state index contributed by atoms with van der Waals surface area (Å²) in [5, 5.41) is 3.17. The van der Waals surface area contributed by atoms with Gasteiger partial charge in [-0.15, -0.1) is 0 Å². The van der Waals surface area contributed by atoms with E-state index in [2.05, 4.69) is 23.3 Å². The summed E-state index contributed by atoms with van der Waals surface area (Å²) in [5.74, 6) is 0. The zero-order valence-corrected chi connectivity index (χ0v) is 7.39. The van der Waals surface area contributed by atoms with Gasteiger partial charge in [-0.05, 0) is 37.3 Å². The number of fused-ring (bicyclic) bond motifs is 1. The Hall–Kier alpha value is -1.31. The number of nitrogens with one attached hydrogen (secondary N) is 1. The van der Waals surface area contributed by atoms with Crippen LogP contribution in [0.2, 0.25) is 0 Å². The van der Waals surface area contributed by atoms with E-state index in [1.54, 1.807) is 0 Å². The summed E-state index contributed by atoms with van der Waals surface area (Å²) in [6, 6.07) is 2.20. The second-order valence-corrected chi connectivity index (χ2v) is 3.15. The van der Waals surface area contributed by atoms with Crippen LogP contribution < -0.4 is 5.32 Å². The maximum Gasteiger partial charge on any atom is 0.0697 e. The van der Waals surface area contributed by atoms with Gasteiger partial charge >= 0.3 is 0 Å². The van der Waals surface area contributed by atoms with Gasteiger partial charge in [0, 0.05) is 12.2 Å². The lowest BCUT2D eigenvalue weighted by Crippen LogP contribution is -2.12. The fourth-order valence-electron chi connectivity index (χ4n) is 1.37. The number of hydrogen-bond donors (Lipinski definition) is 1. The van der Waals surface area contributed by atoms with E-state index in [0.29, 0.717) is 0 Å². The molecule has 0 fully saturated rings. The van der Waals surface area contributed by atoms with Crippen molar-refractivity contribution in [2.75, 3.05) is 0 Å². The molecule has 1 aliphatic heterocycles. The molecule has 2 heteroatoms. The Labute approximate surface area is 72.3 Å². The normalized spacial score (nSPS) is 13.8. The van der Waals surface area contributed by atoms with E-state index in [-0.39, 0.29) is 0 Å². The van der Waals surface area contributed by atoms with Gasteiger partial charge in [0.15, 0.2) is 0 Å². The predicted octanol–water partition coefficient (Wildman–Crippen LogP) is 1.77. The molecule has 2 rings (SSSR count). The summed E-state index contributed by atoms with van der Waals surface area (Å²) < 4.78 is 0. The van der Waals surface area contributed by atoms with Gasteiger partial charge in [-0.2, -0.15) is 0 Å². The molecule has 0 aliphatic carbocycles. The highest BCUT2D eigenvalue weighted by Crippen LogP contribution is 2.15. The van der Waals surface area contributed by atoms with Crippen LogP contribution in [0.3, 0.4) is 0 Å². The van der Waals surface area contributed by atoms with Crippen molar-refractivity contribution in [2.45, 2.75) is 20.4 Å². The predicted molar refractivity (Wildman–Crippen MR) is 49.6 cm³/mol. The molecule has 0 unspecified atom stereocenters. The van der Waals surface area contributed by atoms with Crippen molar-refractivity contribution < 1.29 is 0 Å². The molecule has 0 bridgehead atoms. The standard InChI is InChI=1S/C10H12N2/c1-7-5-9-6-11-4-3-10(9)12-8(7)2/h3-5,11H,6H2,1-2H3. The average molecular weight is 160 g/mol.